The molecule has 0 bridgehead atoms. The predicted octanol–water partition coefficient (Wildman–Crippen LogP) is 3.02. The number of para-hydroxylation sites is 1. The van der Waals surface area contributed by atoms with Crippen LogP contribution >= 0.6 is 0 Å². The Hall–Kier alpha value is -2.59. The maximum absolute atomic E-state index is 6.16. The Morgan fingerprint density at radius 3 is 2.21 bits per heavy atom. The van der Waals surface area contributed by atoms with Crippen molar-refractivity contribution in [1.82, 2.24) is 0 Å². The first-order chi connectivity index (χ1) is 15.4. The number of hydrogen-bond acceptors (Lipinski definition) is 3. The van der Waals surface area contributed by atoms with Crippen LogP contribution in [0.1, 0.15) is 19.4 Å². The van der Waals surface area contributed by atoms with Crippen molar-refractivity contribution in [3.8, 4) is 11.5 Å². The molecule has 5 nitrogen and oxygen atoms in total. The van der Waals surface area contributed by atoms with Gasteiger partial charge in [-0.15, -0.1) is 36.4 Å². The van der Waals surface area contributed by atoms with Crippen LogP contribution in [0.5, 0.6) is 11.5 Å². The average molecular weight is 620 g/mol. The van der Waals surface area contributed by atoms with Gasteiger partial charge in [-0.3, -0.25) is 0 Å². The molecular formula is C27H28N4OPt+2. The van der Waals surface area contributed by atoms with Crippen LogP contribution in [-0.4, -0.2) is 14.1 Å². The van der Waals surface area contributed by atoms with Crippen LogP contribution < -0.4 is 24.3 Å². The summed E-state index contributed by atoms with van der Waals surface area (Å²) in [5.74, 6) is 1.32. The van der Waals surface area contributed by atoms with Gasteiger partial charge in [-0.2, -0.15) is 12.1 Å². The fraction of sp³-hybridized carbons (Fsp3) is 0.185. The van der Waals surface area contributed by atoms with E-state index in [0.717, 1.165) is 11.4 Å². The number of benzene rings is 3. The molecule has 2 aliphatic heterocycles. The topological polar surface area (TPSA) is 24.6 Å². The Labute approximate surface area is 211 Å². The maximum Gasteiger partial charge on any atom is 4.00 e. The molecule has 2 atom stereocenters. The fourth-order valence-corrected chi connectivity index (χ4v) is 4.10. The van der Waals surface area contributed by atoms with Gasteiger partial charge in [-0.05, 0) is 33.3 Å². The van der Waals surface area contributed by atoms with Gasteiger partial charge in [0.1, 0.15) is 0 Å². The second kappa shape index (κ2) is 9.34. The molecule has 0 saturated heterocycles. The van der Waals surface area contributed by atoms with Gasteiger partial charge in [-0.25, -0.2) is 0 Å². The predicted molar refractivity (Wildman–Crippen MR) is 126 cm³/mol. The van der Waals surface area contributed by atoms with Crippen molar-refractivity contribution in [2.24, 2.45) is 0 Å². The molecule has 33 heavy (non-hydrogen) atoms. The van der Waals surface area contributed by atoms with Gasteiger partial charge >= 0.3 is 21.1 Å². The normalized spacial score (nSPS) is 20.8. The fourth-order valence-electron chi connectivity index (χ4n) is 4.10. The van der Waals surface area contributed by atoms with Crippen LogP contribution in [-0.2, 0) is 26.6 Å². The molecule has 5 rings (SSSR count). The number of rotatable bonds is 4. The molecule has 2 N–H and O–H groups in total. The molecule has 2 heterocycles. The van der Waals surface area contributed by atoms with Crippen molar-refractivity contribution >= 4 is 17.1 Å². The molecule has 2 aliphatic rings. The van der Waals surface area contributed by atoms with Crippen LogP contribution in [0.25, 0.3) is 0 Å². The van der Waals surface area contributed by atoms with E-state index in [1.54, 1.807) is 0 Å². The van der Waals surface area contributed by atoms with Crippen molar-refractivity contribution in [3.05, 3.63) is 104 Å². The van der Waals surface area contributed by atoms with Gasteiger partial charge in [0, 0.05) is 43.0 Å². The van der Waals surface area contributed by atoms with Gasteiger partial charge in [0.25, 0.3) is 0 Å². The summed E-state index contributed by atoms with van der Waals surface area (Å²) >= 11 is 0. The third-order valence-electron chi connectivity index (χ3n) is 6.25. The minimum absolute atomic E-state index is 0. The van der Waals surface area contributed by atoms with E-state index in [1.165, 1.54) is 21.1 Å². The Kier molecular flexibility index (Phi) is 6.67. The van der Waals surface area contributed by atoms with Gasteiger partial charge in [0.2, 0.25) is 0 Å². The van der Waals surface area contributed by atoms with Crippen molar-refractivity contribution in [1.29, 1.82) is 0 Å². The zero-order valence-electron chi connectivity index (χ0n) is 19.2. The molecule has 3 aromatic carbocycles. The minimum Gasteiger partial charge on any atom is -0.509 e. The van der Waals surface area contributed by atoms with E-state index in [-0.39, 0.29) is 26.6 Å². The van der Waals surface area contributed by atoms with E-state index in [9.17, 15) is 0 Å². The van der Waals surface area contributed by atoms with E-state index in [4.69, 9.17) is 4.74 Å². The van der Waals surface area contributed by atoms with Gasteiger partial charge < -0.3 is 24.3 Å². The molecule has 170 valence electrons. The van der Waals surface area contributed by atoms with Crippen molar-refractivity contribution < 1.29 is 35.6 Å². The van der Waals surface area contributed by atoms with E-state index in [0.29, 0.717) is 11.5 Å². The smallest absolute Gasteiger partial charge is 0.509 e. The van der Waals surface area contributed by atoms with E-state index >= 15 is 0 Å². The third-order valence-corrected chi connectivity index (χ3v) is 6.25. The van der Waals surface area contributed by atoms with E-state index < -0.39 is 0 Å². The van der Waals surface area contributed by atoms with Crippen molar-refractivity contribution in [3.63, 3.8) is 0 Å². The molecular weight excluding hydrogens is 591 g/mol. The average Bonchev–Trinajstić information content (AvgIpc) is 3.23. The number of hydrogen-bond donors (Lipinski definition) is 2. The number of ether oxygens (including phenoxy) is 1. The minimum atomic E-state index is -0.00653. The van der Waals surface area contributed by atoms with Crippen LogP contribution in [0, 0.1) is 25.5 Å². The Balaban J connectivity index is 0.00000259. The molecule has 6 heteroatoms. The zero-order valence-corrected chi connectivity index (χ0v) is 21.5. The first-order valence-electron chi connectivity index (χ1n) is 10.9. The molecule has 0 aliphatic carbocycles. The summed E-state index contributed by atoms with van der Waals surface area (Å²) in [6.45, 7) is 8.83. The third kappa shape index (κ3) is 4.59. The van der Waals surface area contributed by atoms with Crippen molar-refractivity contribution in [2.45, 2.75) is 19.4 Å². The maximum atomic E-state index is 6.16. The summed E-state index contributed by atoms with van der Waals surface area (Å²) in [6.07, 6.45) is 4.10. The molecule has 0 fully saturated rings. The summed E-state index contributed by atoms with van der Waals surface area (Å²) in [4.78, 5) is 6.76. The zero-order chi connectivity index (χ0) is 22.3. The quantitative estimate of drug-likeness (QED) is 0.440. The number of anilines is 3. The summed E-state index contributed by atoms with van der Waals surface area (Å²) in [6, 6.07) is 27.3. The van der Waals surface area contributed by atoms with E-state index in [2.05, 4.69) is 94.8 Å². The van der Waals surface area contributed by atoms with Crippen LogP contribution in [0.15, 0.2) is 73.1 Å². The summed E-state index contributed by atoms with van der Waals surface area (Å²) in [5.41, 5.74) is 4.36. The molecule has 0 amide bonds. The van der Waals surface area contributed by atoms with Gasteiger partial charge in [0.05, 0.1) is 11.7 Å². The first kappa shape index (κ1) is 23.6. The van der Waals surface area contributed by atoms with Crippen LogP contribution in [0.2, 0.25) is 0 Å². The van der Waals surface area contributed by atoms with Crippen molar-refractivity contribution in [2.75, 3.05) is 23.9 Å². The number of fused-ring (bicyclic) bond motifs is 1. The van der Waals surface area contributed by atoms with E-state index in [1.807, 2.05) is 41.4 Å². The number of quaternary nitrogens is 2. The Bertz CT molecular complexity index is 1160. The summed E-state index contributed by atoms with van der Waals surface area (Å²) < 4.78 is 6.16. The molecule has 0 saturated carbocycles. The van der Waals surface area contributed by atoms with Gasteiger partial charge in [-0.1, -0.05) is 29.6 Å². The van der Waals surface area contributed by atoms with Crippen LogP contribution in [0.4, 0.5) is 17.1 Å². The largest absolute Gasteiger partial charge is 4.00 e. The summed E-state index contributed by atoms with van der Waals surface area (Å²) in [5, 5.41) is 0. The molecule has 3 aromatic rings. The molecule has 0 aromatic heterocycles. The van der Waals surface area contributed by atoms with Crippen LogP contribution in [0.3, 0.4) is 0 Å². The monoisotopic (exact) mass is 619 g/mol. The second-order valence-corrected chi connectivity index (χ2v) is 8.82. The molecule has 0 radical (unpaired) electrons. The second-order valence-electron chi connectivity index (χ2n) is 8.82. The summed E-state index contributed by atoms with van der Waals surface area (Å²) in [7, 11) is 4.26. The Morgan fingerprint density at radius 2 is 1.52 bits per heavy atom. The number of nitrogens with one attached hydrogen (secondary N) is 2. The molecule has 0 spiro atoms. The Morgan fingerprint density at radius 1 is 0.848 bits per heavy atom. The first-order valence-corrected chi connectivity index (χ1v) is 10.9. The number of nitrogens with zero attached hydrogens (tertiary/aromatic N) is 2. The molecule has 2 unspecified atom stereocenters. The SMILES string of the molecule is C[NH+]1C=CN(c2[c-]c(Oc3[c-]c(N4[CH-][NH+](C)C(C)(C)c5ccccc54)ccc3)ccc2)[CH-]1.[Pt+4]. The standard InChI is InChI=1S/C27H28N4O.Pt/c1-27(2)25-13-5-6-14-26(25)31(20-29(27)4)22-10-8-12-24(18-22)32-23-11-7-9-21(17-23)30-16-15-28(3)19-30;/h5-16,19-20,28-29H,1-4H3;/q-2;+4. The van der Waals surface area contributed by atoms with Gasteiger partial charge in [0.15, 0.2) is 0 Å².